The first kappa shape index (κ1) is 14.8. The molecule has 5 nitrogen and oxygen atoms in total. The molecule has 0 amide bonds. The van der Waals surface area contributed by atoms with Crippen molar-refractivity contribution in [3.05, 3.63) is 36.0 Å². The minimum atomic E-state index is -0.613. The van der Waals surface area contributed by atoms with Gasteiger partial charge < -0.3 is 9.47 Å². The second kappa shape index (κ2) is 8.04. The molecule has 5 heteroatoms. The van der Waals surface area contributed by atoms with Gasteiger partial charge in [-0.15, -0.1) is 0 Å². The summed E-state index contributed by atoms with van der Waals surface area (Å²) in [5, 5.41) is 0. The standard InChI is InChI=1S/C12H14O5/c1-9(13)5-4-6-10(12(15)17-3)7-8-11(14)16-2/h4-8H,1-3H3/b5-4-,8-7+,10-6+. The zero-order valence-electron chi connectivity index (χ0n) is 9.93. The molecule has 0 radical (unpaired) electrons. The summed E-state index contributed by atoms with van der Waals surface area (Å²) in [4.78, 5) is 32.8. The van der Waals surface area contributed by atoms with Crippen molar-refractivity contribution in [2.75, 3.05) is 14.2 Å². The van der Waals surface area contributed by atoms with E-state index in [2.05, 4.69) is 9.47 Å². The molecule has 0 unspecified atom stereocenters. The van der Waals surface area contributed by atoms with E-state index in [0.29, 0.717) is 0 Å². The van der Waals surface area contributed by atoms with Gasteiger partial charge in [0.25, 0.3) is 0 Å². The summed E-state index contributed by atoms with van der Waals surface area (Å²) in [6.07, 6.45) is 6.39. The molecule has 0 aliphatic carbocycles. The quantitative estimate of drug-likeness (QED) is 0.405. The van der Waals surface area contributed by atoms with Crippen LogP contribution in [0, 0.1) is 0 Å². The summed E-state index contributed by atoms with van der Waals surface area (Å²) in [5.41, 5.74) is 0.135. The number of hydrogen-bond acceptors (Lipinski definition) is 5. The second-order valence-corrected chi connectivity index (χ2v) is 2.94. The topological polar surface area (TPSA) is 69.7 Å². The molecule has 0 saturated carbocycles. The Morgan fingerprint density at radius 2 is 1.59 bits per heavy atom. The highest BCUT2D eigenvalue weighted by Crippen LogP contribution is 2.01. The third kappa shape index (κ3) is 6.83. The monoisotopic (exact) mass is 238 g/mol. The smallest absolute Gasteiger partial charge is 0.337 e. The Bertz CT molecular complexity index is 388. The van der Waals surface area contributed by atoms with Crippen molar-refractivity contribution < 1.29 is 23.9 Å². The second-order valence-electron chi connectivity index (χ2n) is 2.94. The van der Waals surface area contributed by atoms with Gasteiger partial charge in [-0.3, -0.25) is 4.79 Å². The fourth-order valence-electron chi connectivity index (χ4n) is 0.823. The van der Waals surface area contributed by atoms with Crippen LogP contribution in [0.5, 0.6) is 0 Å². The Morgan fingerprint density at radius 3 is 2.06 bits per heavy atom. The van der Waals surface area contributed by atoms with E-state index in [4.69, 9.17) is 0 Å². The fourth-order valence-corrected chi connectivity index (χ4v) is 0.823. The lowest BCUT2D eigenvalue weighted by Crippen LogP contribution is -2.03. The average Bonchev–Trinajstić information content (AvgIpc) is 2.31. The van der Waals surface area contributed by atoms with Crippen LogP contribution in [0.3, 0.4) is 0 Å². The normalized spacial score (nSPS) is 11.8. The van der Waals surface area contributed by atoms with Gasteiger partial charge in [-0.05, 0) is 25.2 Å². The van der Waals surface area contributed by atoms with Crippen molar-refractivity contribution in [1.82, 2.24) is 0 Å². The van der Waals surface area contributed by atoms with Crippen LogP contribution in [0.15, 0.2) is 36.0 Å². The Kier molecular flexibility index (Phi) is 7.01. The highest BCUT2D eigenvalue weighted by molar-refractivity contribution is 5.94. The molecule has 0 aromatic carbocycles. The molecular weight excluding hydrogens is 224 g/mol. The van der Waals surface area contributed by atoms with Gasteiger partial charge in [0.1, 0.15) is 0 Å². The van der Waals surface area contributed by atoms with Crippen molar-refractivity contribution in [1.29, 1.82) is 0 Å². The molecule has 0 spiro atoms. The summed E-state index contributed by atoms with van der Waals surface area (Å²) in [6.45, 7) is 1.38. The van der Waals surface area contributed by atoms with Gasteiger partial charge in [0.05, 0.1) is 19.8 Å². The molecule has 0 rings (SSSR count). The van der Waals surface area contributed by atoms with Crippen molar-refractivity contribution in [2.24, 2.45) is 0 Å². The van der Waals surface area contributed by atoms with E-state index in [1.54, 1.807) is 0 Å². The maximum Gasteiger partial charge on any atom is 0.337 e. The number of allylic oxidation sites excluding steroid dienone is 3. The van der Waals surface area contributed by atoms with E-state index in [0.717, 1.165) is 6.08 Å². The molecule has 0 aliphatic heterocycles. The van der Waals surface area contributed by atoms with Gasteiger partial charge in [0.2, 0.25) is 0 Å². The van der Waals surface area contributed by atoms with Gasteiger partial charge in [0.15, 0.2) is 5.78 Å². The van der Waals surface area contributed by atoms with E-state index in [9.17, 15) is 14.4 Å². The third-order valence-corrected chi connectivity index (χ3v) is 1.63. The lowest BCUT2D eigenvalue weighted by molar-refractivity contribution is -0.135. The van der Waals surface area contributed by atoms with Crippen LogP contribution in [0.4, 0.5) is 0 Å². The predicted molar refractivity (Wildman–Crippen MR) is 61.1 cm³/mol. The molecule has 92 valence electrons. The van der Waals surface area contributed by atoms with Crippen LogP contribution in [0.25, 0.3) is 0 Å². The minimum Gasteiger partial charge on any atom is -0.466 e. The van der Waals surface area contributed by atoms with Crippen LogP contribution in [0.2, 0.25) is 0 Å². The fraction of sp³-hybridized carbons (Fsp3) is 0.250. The SMILES string of the molecule is COC(=O)/C=C/C(=C\C=C/C(C)=O)C(=O)OC. The van der Waals surface area contributed by atoms with Crippen LogP contribution in [-0.4, -0.2) is 31.9 Å². The van der Waals surface area contributed by atoms with E-state index in [-0.39, 0.29) is 11.4 Å². The summed E-state index contributed by atoms with van der Waals surface area (Å²) in [6, 6.07) is 0. The first-order chi connectivity index (χ1) is 8.01. The van der Waals surface area contributed by atoms with Gasteiger partial charge >= 0.3 is 11.9 Å². The maximum atomic E-state index is 11.3. The first-order valence-corrected chi connectivity index (χ1v) is 4.74. The number of rotatable bonds is 5. The Hall–Kier alpha value is -2.17. The number of ether oxygens (including phenoxy) is 2. The van der Waals surface area contributed by atoms with Crippen molar-refractivity contribution >= 4 is 17.7 Å². The maximum absolute atomic E-state index is 11.3. The molecule has 0 atom stereocenters. The molecule has 0 bridgehead atoms. The molecule has 0 fully saturated rings. The van der Waals surface area contributed by atoms with E-state index in [1.807, 2.05) is 0 Å². The van der Waals surface area contributed by atoms with Crippen LogP contribution in [0.1, 0.15) is 6.92 Å². The summed E-state index contributed by atoms with van der Waals surface area (Å²) in [5.74, 6) is -1.35. The summed E-state index contributed by atoms with van der Waals surface area (Å²) < 4.78 is 8.89. The van der Waals surface area contributed by atoms with Crippen molar-refractivity contribution in [3.8, 4) is 0 Å². The largest absolute Gasteiger partial charge is 0.466 e. The molecule has 0 aromatic heterocycles. The molecule has 0 aromatic rings. The molecule has 0 aliphatic rings. The number of methoxy groups -OCH3 is 2. The Balaban J connectivity index is 4.89. The number of carbonyl (C=O) groups excluding carboxylic acids is 3. The molecule has 17 heavy (non-hydrogen) atoms. The van der Waals surface area contributed by atoms with E-state index >= 15 is 0 Å². The minimum absolute atomic E-state index is 0.135. The Morgan fingerprint density at radius 1 is 0.941 bits per heavy atom. The molecule has 0 N–H and O–H groups in total. The first-order valence-electron chi connectivity index (χ1n) is 4.74. The number of hydrogen-bond donors (Lipinski definition) is 0. The lowest BCUT2D eigenvalue weighted by Gasteiger charge is -1.98. The van der Waals surface area contributed by atoms with Gasteiger partial charge in [-0.1, -0.05) is 6.08 Å². The summed E-state index contributed by atoms with van der Waals surface area (Å²) in [7, 11) is 2.45. The van der Waals surface area contributed by atoms with Crippen molar-refractivity contribution in [3.63, 3.8) is 0 Å². The zero-order valence-corrected chi connectivity index (χ0v) is 9.93. The van der Waals surface area contributed by atoms with E-state index < -0.39 is 11.9 Å². The van der Waals surface area contributed by atoms with Crippen molar-refractivity contribution in [2.45, 2.75) is 6.92 Å². The molecule has 0 heterocycles. The van der Waals surface area contributed by atoms with Gasteiger partial charge in [-0.2, -0.15) is 0 Å². The number of ketones is 1. The Labute approximate surface area is 99.4 Å². The average molecular weight is 238 g/mol. The summed E-state index contributed by atoms with van der Waals surface area (Å²) >= 11 is 0. The molecular formula is C12H14O5. The van der Waals surface area contributed by atoms with Gasteiger partial charge in [-0.25, -0.2) is 9.59 Å². The third-order valence-electron chi connectivity index (χ3n) is 1.63. The van der Waals surface area contributed by atoms with Gasteiger partial charge in [0, 0.05) is 6.08 Å². The highest BCUT2D eigenvalue weighted by atomic mass is 16.5. The lowest BCUT2D eigenvalue weighted by atomic mass is 10.2. The molecule has 0 saturated heterocycles. The number of esters is 2. The van der Waals surface area contributed by atoms with Crippen LogP contribution in [-0.2, 0) is 23.9 Å². The van der Waals surface area contributed by atoms with E-state index in [1.165, 1.54) is 45.4 Å². The zero-order chi connectivity index (χ0) is 13.3. The highest BCUT2D eigenvalue weighted by Gasteiger charge is 2.05. The van der Waals surface area contributed by atoms with Crippen LogP contribution >= 0.6 is 0 Å². The van der Waals surface area contributed by atoms with Crippen LogP contribution < -0.4 is 0 Å². The number of carbonyl (C=O) groups is 3. The predicted octanol–water partition coefficient (Wildman–Crippen LogP) is 0.960.